The predicted molar refractivity (Wildman–Crippen MR) is 66.6 cm³/mol. The Bertz CT molecular complexity index is 616. The summed E-state index contributed by atoms with van der Waals surface area (Å²) >= 11 is 0. The van der Waals surface area contributed by atoms with Gasteiger partial charge < -0.3 is 5.73 Å². The maximum atomic E-state index is 10.8. The molecule has 2 aromatic rings. The second-order valence-corrected chi connectivity index (χ2v) is 4.45. The van der Waals surface area contributed by atoms with E-state index in [-0.39, 0.29) is 5.69 Å². The number of aromatic nitrogens is 2. The molecule has 1 aliphatic rings. The van der Waals surface area contributed by atoms with Gasteiger partial charge in [0.2, 0.25) is 0 Å². The molecule has 0 spiro atoms. The average Bonchev–Trinajstić information content (AvgIpc) is 3.12. The van der Waals surface area contributed by atoms with E-state index in [2.05, 4.69) is 5.10 Å². The molecule has 1 fully saturated rings. The number of non-ortho nitro benzene ring substituents is 1. The maximum Gasteiger partial charge on any atom is 0.271 e. The minimum Gasteiger partial charge on any atom is -0.396 e. The second-order valence-electron chi connectivity index (χ2n) is 4.45. The molecule has 0 saturated heterocycles. The molecule has 92 valence electrons. The number of nitrogen functional groups attached to an aromatic ring is 1. The van der Waals surface area contributed by atoms with Crippen molar-refractivity contribution < 1.29 is 4.92 Å². The molecule has 6 nitrogen and oxygen atoms in total. The zero-order chi connectivity index (χ0) is 12.7. The highest BCUT2D eigenvalue weighted by Crippen LogP contribution is 2.43. The first-order valence-corrected chi connectivity index (χ1v) is 5.75. The first-order valence-electron chi connectivity index (χ1n) is 5.75. The van der Waals surface area contributed by atoms with Crippen LogP contribution in [0.15, 0.2) is 30.5 Å². The molecule has 0 amide bonds. The largest absolute Gasteiger partial charge is 0.396 e. The second kappa shape index (κ2) is 3.83. The van der Waals surface area contributed by atoms with Crippen molar-refractivity contribution in [2.24, 2.45) is 0 Å². The molecule has 18 heavy (non-hydrogen) atoms. The lowest BCUT2D eigenvalue weighted by Gasteiger charge is -2.07. The van der Waals surface area contributed by atoms with Crippen LogP contribution in [0.1, 0.15) is 24.5 Å². The SMILES string of the molecule is Nc1cnn(-c2cccc([N+](=O)[O-])c2)c1C1CC1. The molecule has 0 aliphatic heterocycles. The molecule has 6 heteroatoms. The summed E-state index contributed by atoms with van der Waals surface area (Å²) in [5.74, 6) is 0.437. The molecule has 0 radical (unpaired) electrons. The lowest BCUT2D eigenvalue weighted by molar-refractivity contribution is -0.384. The van der Waals surface area contributed by atoms with Gasteiger partial charge in [-0.15, -0.1) is 0 Å². The molecule has 3 rings (SSSR count). The fourth-order valence-electron chi connectivity index (χ4n) is 2.08. The van der Waals surface area contributed by atoms with Crippen LogP contribution in [0.3, 0.4) is 0 Å². The lowest BCUT2D eigenvalue weighted by atomic mass is 10.2. The topological polar surface area (TPSA) is 87.0 Å². The number of nitrogens with two attached hydrogens (primary N) is 1. The Labute approximate surface area is 103 Å². The summed E-state index contributed by atoms with van der Waals surface area (Å²) in [7, 11) is 0. The third-order valence-corrected chi connectivity index (χ3v) is 3.09. The van der Waals surface area contributed by atoms with E-state index in [1.807, 2.05) is 0 Å². The van der Waals surface area contributed by atoms with Crippen LogP contribution in [0.2, 0.25) is 0 Å². The first-order chi connectivity index (χ1) is 8.66. The molecular formula is C12H12N4O2. The fraction of sp³-hybridized carbons (Fsp3) is 0.250. The Kier molecular flexibility index (Phi) is 2.29. The van der Waals surface area contributed by atoms with Gasteiger partial charge in [-0.3, -0.25) is 10.1 Å². The van der Waals surface area contributed by atoms with E-state index in [1.54, 1.807) is 23.0 Å². The van der Waals surface area contributed by atoms with E-state index in [4.69, 9.17) is 5.73 Å². The molecule has 1 aliphatic carbocycles. The quantitative estimate of drug-likeness (QED) is 0.662. The number of nitrogens with zero attached hydrogens (tertiary/aromatic N) is 3. The van der Waals surface area contributed by atoms with Gasteiger partial charge in [-0.1, -0.05) is 6.07 Å². The van der Waals surface area contributed by atoms with Crippen molar-refractivity contribution >= 4 is 11.4 Å². The monoisotopic (exact) mass is 244 g/mol. The van der Waals surface area contributed by atoms with Crippen LogP contribution in [0, 0.1) is 10.1 Å². The smallest absolute Gasteiger partial charge is 0.271 e. The molecule has 1 aromatic carbocycles. The Balaban J connectivity index is 2.09. The van der Waals surface area contributed by atoms with Crippen molar-refractivity contribution in [3.63, 3.8) is 0 Å². The van der Waals surface area contributed by atoms with Crippen LogP contribution < -0.4 is 5.73 Å². The van der Waals surface area contributed by atoms with Crippen molar-refractivity contribution in [1.82, 2.24) is 9.78 Å². The van der Waals surface area contributed by atoms with Gasteiger partial charge in [0.25, 0.3) is 5.69 Å². The average molecular weight is 244 g/mol. The normalized spacial score (nSPS) is 14.7. The molecule has 2 N–H and O–H groups in total. The van der Waals surface area contributed by atoms with E-state index in [0.717, 1.165) is 18.5 Å². The fourth-order valence-corrected chi connectivity index (χ4v) is 2.08. The van der Waals surface area contributed by atoms with Gasteiger partial charge in [-0.05, 0) is 18.9 Å². The number of hydrogen-bond acceptors (Lipinski definition) is 4. The zero-order valence-corrected chi connectivity index (χ0v) is 9.61. The highest BCUT2D eigenvalue weighted by atomic mass is 16.6. The summed E-state index contributed by atoms with van der Waals surface area (Å²) in [4.78, 5) is 10.4. The van der Waals surface area contributed by atoms with Crippen molar-refractivity contribution in [2.45, 2.75) is 18.8 Å². The molecule has 0 atom stereocenters. The van der Waals surface area contributed by atoms with E-state index < -0.39 is 4.92 Å². The van der Waals surface area contributed by atoms with Gasteiger partial charge in [-0.2, -0.15) is 5.10 Å². The van der Waals surface area contributed by atoms with Gasteiger partial charge >= 0.3 is 0 Å². The van der Waals surface area contributed by atoms with Crippen molar-refractivity contribution in [1.29, 1.82) is 0 Å². The predicted octanol–water partition coefficient (Wildman–Crippen LogP) is 2.24. The van der Waals surface area contributed by atoms with Gasteiger partial charge in [0.1, 0.15) is 0 Å². The van der Waals surface area contributed by atoms with Gasteiger partial charge in [0.15, 0.2) is 0 Å². The first kappa shape index (κ1) is 10.8. The van der Waals surface area contributed by atoms with Crippen molar-refractivity contribution in [3.05, 3.63) is 46.3 Å². The maximum absolute atomic E-state index is 10.8. The highest BCUT2D eigenvalue weighted by molar-refractivity contribution is 5.51. The van der Waals surface area contributed by atoms with E-state index in [9.17, 15) is 10.1 Å². The summed E-state index contributed by atoms with van der Waals surface area (Å²) in [6.07, 6.45) is 3.81. The highest BCUT2D eigenvalue weighted by Gasteiger charge is 2.30. The number of hydrogen-bond donors (Lipinski definition) is 1. The van der Waals surface area contributed by atoms with Crippen LogP contribution in [0.25, 0.3) is 5.69 Å². The molecule has 0 bridgehead atoms. The van der Waals surface area contributed by atoms with Crippen molar-refractivity contribution in [2.75, 3.05) is 5.73 Å². The van der Waals surface area contributed by atoms with Gasteiger partial charge in [-0.25, -0.2) is 4.68 Å². The minimum atomic E-state index is -0.410. The summed E-state index contributed by atoms with van der Waals surface area (Å²) in [5, 5.41) is 15.0. The van der Waals surface area contributed by atoms with E-state index in [0.29, 0.717) is 17.3 Å². The molecule has 1 aromatic heterocycles. The zero-order valence-electron chi connectivity index (χ0n) is 9.61. The molecule has 1 saturated carbocycles. The molecular weight excluding hydrogens is 232 g/mol. The summed E-state index contributed by atoms with van der Waals surface area (Å²) in [6, 6.07) is 6.43. The number of nitro benzene ring substituents is 1. The van der Waals surface area contributed by atoms with Crippen LogP contribution in [-0.4, -0.2) is 14.7 Å². The Morgan fingerprint density at radius 3 is 2.89 bits per heavy atom. The van der Waals surface area contributed by atoms with E-state index in [1.165, 1.54) is 12.1 Å². The van der Waals surface area contributed by atoms with Crippen LogP contribution >= 0.6 is 0 Å². The number of benzene rings is 1. The van der Waals surface area contributed by atoms with Gasteiger partial charge in [0.05, 0.1) is 28.2 Å². The number of rotatable bonds is 3. The Morgan fingerprint density at radius 1 is 1.44 bits per heavy atom. The molecule has 1 heterocycles. The van der Waals surface area contributed by atoms with Gasteiger partial charge in [0, 0.05) is 18.1 Å². The summed E-state index contributed by atoms with van der Waals surface area (Å²) < 4.78 is 1.71. The molecule has 0 unspecified atom stereocenters. The third-order valence-electron chi connectivity index (χ3n) is 3.09. The summed E-state index contributed by atoms with van der Waals surface area (Å²) in [5.41, 5.74) is 8.27. The standard InChI is InChI=1S/C12H12N4O2/c13-11-7-14-15(12(11)8-4-5-8)9-2-1-3-10(6-9)16(17)18/h1-3,6-8H,4-5,13H2. The van der Waals surface area contributed by atoms with Crippen molar-refractivity contribution in [3.8, 4) is 5.69 Å². The van der Waals surface area contributed by atoms with E-state index >= 15 is 0 Å². The Morgan fingerprint density at radius 2 is 2.22 bits per heavy atom. The minimum absolute atomic E-state index is 0.0586. The van der Waals surface area contributed by atoms with Crippen LogP contribution in [0.5, 0.6) is 0 Å². The third kappa shape index (κ3) is 1.71. The summed E-state index contributed by atoms with van der Waals surface area (Å²) in [6.45, 7) is 0. The number of nitro groups is 1. The lowest BCUT2D eigenvalue weighted by Crippen LogP contribution is -2.03. The number of anilines is 1. The van der Waals surface area contributed by atoms with Crippen LogP contribution in [-0.2, 0) is 0 Å². The van der Waals surface area contributed by atoms with Crippen LogP contribution in [0.4, 0.5) is 11.4 Å². The Hall–Kier alpha value is -2.37.